The van der Waals surface area contributed by atoms with Gasteiger partial charge in [-0.2, -0.15) is 0 Å². The Hall–Kier alpha value is -4.72. The minimum absolute atomic E-state index is 0.0648. The maximum absolute atomic E-state index is 12.9. The molecule has 0 aliphatic rings. The Kier molecular flexibility index (Phi) is 7.55. The Balaban J connectivity index is 1.43. The average Bonchev–Trinajstić information content (AvgIpc) is 2.90. The van der Waals surface area contributed by atoms with Crippen molar-refractivity contribution in [3.63, 3.8) is 0 Å². The number of carbonyl (C=O) groups excluding carboxylic acids is 2. The Labute approximate surface area is 207 Å². The number of aromatic nitrogens is 1. The molecule has 182 valence electrons. The summed E-state index contributed by atoms with van der Waals surface area (Å²) in [6.45, 7) is 0.0648. The number of benzene rings is 3. The van der Waals surface area contributed by atoms with Gasteiger partial charge in [0.1, 0.15) is 18.2 Å². The number of ether oxygens (including phenoxy) is 1. The molecule has 4 rings (SSSR count). The van der Waals surface area contributed by atoms with Crippen LogP contribution in [-0.4, -0.2) is 40.4 Å². The van der Waals surface area contributed by atoms with Crippen LogP contribution in [0.2, 0.25) is 0 Å². The van der Waals surface area contributed by atoms with Gasteiger partial charge < -0.3 is 20.9 Å². The van der Waals surface area contributed by atoms with Gasteiger partial charge >= 0.3 is 5.97 Å². The standard InChI is InChI=1S/C28H25N3O5/c29-27-24-16-23(12-10-18(24)14-15-30-27)36-17-22(11-13-25(32)33)31-28(35)21-8-6-20(7-9-21)26(34)19-4-2-1-3-5-19/h1-10,12,14-16,22H,11,13,17H2,(H2,29,30)(H,31,35)(H,32,33)/t22-/m1/s1. The fraction of sp³-hybridized carbons (Fsp3) is 0.143. The summed E-state index contributed by atoms with van der Waals surface area (Å²) in [4.78, 5) is 40.7. The van der Waals surface area contributed by atoms with Crippen LogP contribution in [0.4, 0.5) is 5.82 Å². The molecule has 0 fully saturated rings. The third-order valence-electron chi connectivity index (χ3n) is 5.71. The number of nitrogen functional groups attached to an aromatic ring is 1. The first kappa shape index (κ1) is 24.4. The lowest BCUT2D eigenvalue weighted by Crippen LogP contribution is -2.39. The molecule has 4 aromatic rings. The maximum Gasteiger partial charge on any atom is 0.303 e. The number of hydrogen-bond acceptors (Lipinski definition) is 6. The van der Waals surface area contributed by atoms with E-state index in [1.54, 1.807) is 66.9 Å². The van der Waals surface area contributed by atoms with E-state index in [4.69, 9.17) is 15.6 Å². The number of carbonyl (C=O) groups is 3. The molecular weight excluding hydrogens is 458 g/mol. The second-order valence-electron chi connectivity index (χ2n) is 8.27. The summed E-state index contributed by atoms with van der Waals surface area (Å²) < 4.78 is 5.86. The third kappa shape index (κ3) is 6.04. The molecule has 4 N–H and O–H groups in total. The fourth-order valence-electron chi connectivity index (χ4n) is 3.75. The summed E-state index contributed by atoms with van der Waals surface area (Å²) >= 11 is 0. The maximum atomic E-state index is 12.9. The molecule has 0 saturated heterocycles. The lowest BCUT2D eigenvalue weighted by molar-refractivity contribution is -0.137. The van der Waals surface area contributed by atoms with Gasteiger partial charge in [-0.3, -0.25) is 14.4 Å². The summed E-state index contributed by atoms with van der Waals surface area (Å²) in [7, 11) is 0. The highest BCUT2D eigenvalue weighted by Gasteiger charge is 2.17. The Morgan fingerprint density at radius 1 is 0.917 bits per heavy atom. The number of nitrogens with two attached hydrogens (primary N) is 1. The van der Waals surface area contributed by atoms with Gasteiger partial charge in [0.15, 0.2) is 5.78 Å². The van der Waals surface area contributed by atoms with Crippen LogP contribution in [0.25, 0.3) is 10.8 Å². The number of carboxylic acids is 1. The van der Waals surface area contributed by atoms with Crippen LogP contribution >= 0.6 is 0 Å². The predicted octanol–water partition coefficient (Wildman–Crippen LogP) is 4.09. The summed E-state index contributed by atoms with van der Waals surface area (Å²) in [5.74, 6) is -0.591. The van der Waals surface area contributed by atoms with Gasteiger partial charge in [-0.1, -0.05) is 48.5 Å². The lowest BCUT2D eigenvalue weighted by Gasteiger charge is -2.19. The van der Waals surface area contributed by atoms with Gasteiger partial charge in [0.05, 0.1) is 6.04 Å². The normalized spacial score (nSPS) is 11.6. The van der Waals surface area contributed by atoms with E-state index in [1.165, 1.54) is 0 Å². The molecule has 1 atom stereocenters. The molecule has 1 aromatic heterocycles. The summed E-state index contributed by atoms with van der Waals surface area (Å²) in [6.07, 6.45) is 1.68. The second kappa shape index (κ2) is 11.1. The van der Waals surface area contributed by atoms with Crippen molar-refractivity contribution in [2.75, 3.05) is 12.3 Å². The van der Waals surface area contributed by atoms with Gasteiger partial charge in [-0.05, 0) is 42.1 Å². The zero-order chi connectivity index (χ0) is 25.5. The first-order chi connectivity index (χ1) is 17.4. The molecule has 0 spiro atoms. The van der Waals surface area contributed by atoms with Crippen LogP contribution in [0.1, 0.15) is 39.1 Å². The Morgan fingerprint density at radius 2 is 1.61 bits per heavy atom. The van der Waals surface area contributed by atoms with E-state index < -0.39 is 12.0 Å². The number of hydrogen-bond donors (Lipinski definition) is 3. The van der Waals surface area contributed by atoms with Crippen molar-refractivity contribution in [1.82, 2.24) is 10.3 Å². The molecule has 1 amide bonds. The van der Waals surface area contributed by atoms with Gasteiger partial charge in [0.2, 0.25) is 0 Å². The minimum atomic E-state index is -0.970. The number of nitrogens with zero attached hydrogens (tertiary/aromatic N) is 1. The van der Waals surface area contributed by atoms with Gasteiger partial charge in [-0.25, -0.2) is 4.98 Å². The monoisotopic (exact) mass is 483 g/mol. The van der Waals surface area contributed by atoms with Crippen molar-refractivity contribution >= 4 is 34.3 Å². The largest absolute Gasteiger partial charge is 0.491 e. The van der Waals surface area contributed by atoms with Crippen molar-refractivity contribution in [3.8, 4) is 5.75 Å². The number of ketones is 1. The molecule has 8 nitrogen and oxygen atoms in total. The first-order valence-electron chi connectivity index (χ1n) is 11.4. The highest BCUT2D eigenvalue weighted by molar-refractivity contribution is 6.09. The molecule has 8 heteroatoms. The number of anilines is 1. The van der Waals surface area contributed by atoms with E-state index >= 15 is 0 Å². The quantitative estimate of drug-likeness (QED) is 0.290. The molecule has 36 heavy (non-hydrogen) atoms. The van der Waals surface area contributed by atoms with E-state index in [9.17, 15) is 14.4 Å². The van der Waals surface area contributed by atoms with E-state index in [0.29, 0.717) is 28.3 Å². The zero-order valence-corrected chi connectivity index (χ0v) is 19.4. The van der Waals surface area contributed by atoms with Crippen LogP contribution in [0, 0.1) is 0 Å². The van der Waals surface area contributed by atoms with Gasteiger partial charge in [0.25, 0.3) is 5.91 Å². The van der Waals surface area contributed by atoms with Crippen LogP contribution in [-0.2, 0) is 4.79 Å². The molecule has 0 saturated carbocycles. The van der Waals surface area contributed by atoms with Crippen molar-refractivity contribution in [2.45, 2.75) is 18.9 Å². The van der Waals surface area contributed by atoms with E-state index in [-0.39, 0.29) is 31.1 Å². The summed E-state index contributed by atoms with van der Waals surface area (Å²) in [5.41, 5.74) is 7.32. The second-order valence-corrected chi connectivity index (χ2v) is 8.27. The third-order valence-corrected chi connectivity index (χ3v) is 5.71. The van der Waals surface area contributed by atoms with Crippen LogP contribution < -0.4 is 15.8 Å². The highest BCUT2D eigenvalue weighted by atomic mass is 16.5. The number of carboxylic acid groups (broad SMARTS) is 1. The summed E-state index contributed by atoms with van der Waals surface area (Å²) in [5, 5.41) is 13.6. The smallest absolute Gasteiger partial charge is 0.303 e. The highest BCUT2D eigenvalue weighted by Crippen LogP contribution is 2.24. The number of aliphatic carboxylic acids is 1. The summed E-state index contributed by atoms with van der Waals surface area (Å²) in [6, 6.07) is 21.9. The predicted molar refractivity (Wildman–Crippen MR) is 136 cm³/mol. The molecule has 0 aliphatic carbocycles. The number of nitrogens with one attached hydrogen (secondary N) is 1. The van der Waals surface area contributed by atoms with Crippen molar-refractivity contribution in [3.05, 3.63) is 102 Å². The van der Waals surface area contributed by atoms with Crippen LogP contribution in [0.15, 0.2) is 85.1 Å². The average molecular weight is 484 g/mol. The molecule has 0 aliphatic heterocycles. The molecule has 1 heterocycles. The van der Waals surface area contributed by atoms with Gasteiger partial charge in [-0.15, -0.1) is 0 Å². The fourth-order valence-corrected chi connectivity index (χ4v) is 3.75. The SMILES string of the molecule is Nc1nccc2ccc(OC[C@@H](CCC(=O)O)NC(=O)c3ccc(C(=O)c4ccccc4)cc3)cc12. The molecule has 0 radical (unpaired) electrons. The van der Waals surface area contributed by atoms with Crippen molar-refractivity contribution in [1.29, 1.82) is 0 Å². The Morgan fingerprint density at radius 3 is 2.33 bits per heavy atom. The van der Waals surface area contributed by atoms with Crippen LogP contribution in [0.3, 0.4) is 0 Å². The molecule has 3 aromatic carbocycles. The van der Waals surface area contributed by atoms with E-state index in [2.05, 4.69) is 10.3 Å². The number of rotatable bonds is 10. The molecular formula is C28H25N3O5. The zero-order valence-electron chi connectivity index (χ0n) is 19.4. The number of fused-ring (bicyclic) bond motifs is 1. The number of pyridine rings is 1. The minimum Gasteiger partial charge on any atom is -0.491 e. The van der Waals surface area contributed by atoms with Gasteiger partial charge in [0, 0.05) is 34.7 Å². The first-order valence-corrected chi connectivity index (χ1v) is 11.4. The number of amides is 1. The molecule has 0 bridgehead atoms. The van der Waals surface area contributed by atoms with Crippen molar-refractivity contribution in [2.24, 2.45) is 0 Å². The topological polar surface area (TPSA) is 132 Å². The molecule has 0 unspecified atom stereocenters. The van der Waals surface area contributed by atoms with E-state index in [0.717, 1.165) is 10.8 Å². The van der Waals surface area contributed by atoms with E-state index in [1.807, 2.05) is 18.2 Å². The lowest BCUT2D eigenvalue weighted by atomic mass is 10.0. The van der Waals surface area contributed by atoms with Crippen molar-refractivity contribution < 1.29 is 24.2 Å². The van der Waals surface area contributed by atoms with Crippen LogP contribution in [0.5, 0.6) is 5.75 Å². The Bertz CT molecular complexity index is 1390.